The number of Topliss-reactive ketones (excluding diaryl/α,β-unsaturated/α-hetero) is 1. The summed E-state index contributed by atoms with van der Waals surface area (Å²) in [5, 5.41) is 11.9. The molecule has 0 radical (unpaired) electrons. The fourth-order valence-corrected chi connectivity index (χ4v) is 10.4. The number of carbonyl (C=O) groups is 5. The van der Waals surface area contributed by atoms with Gasteiger partial charge in [-0.25, -0.2) is 9.59 Å². The number of esters is 3. The highest BCUT2D eigenvalue weighted by molar-refractivity contribution is 6.69. The first-order valence-corrected chi connectivity index (χ1v) is 19.9. The molecule has 4 fully saturated rings. The van der Waals surface area contributed by atoms with Crippen LogP contribution in [0.15, 0.2) is 41.5 Å². The lowest BCUT2D eigenvalue weighted by atomic mass is 9.44. The molecule has 266 valence electrons. The van der Waals surface area contributed by atoms with Gasteiger partial charge in [-0.3, -0.25) is 14.4 Å². The second-order valence-corrected chi connectivity index (χ2v) is 19.9. The molecule has 1 spiro atoms. The average Bonchev–Trinajstić information content (AvgIpc) is 3.36. The smallest absolute Gasteiger partial charge is 0.454 e. The van der Waals surface area contributed by atoms with Crippen molar-refractivity contribution in [2.45, 2.75) is 115 Å². The van der Waals surface area contributed by atoms with E-state index < -0.39 is 103 Å². The van der Waals surface area contributed by atoms with Crippen LogP contribution in [0.5, 0.6) is 0 Å². The lowest BCUT2D eigenvalue weighted by Crippen LogP contribution is -2.83. The van der Waals surface area contributed by atoms with Crippen LogP contribution in [0, 0.1) is 16.7 Å². The Hall–Kier alpha value is -3.59. The van der Waals surface area contributed by atoms with Crippen LogP contribution in [-0.4, -0.2) is 97.7 Å². The Kier molecular flexibility index (Phi) is 8.25. The molecule has 14 heteroatoms. The van der Waals surface area contributed by atoms with E-state index in [0.29, 0.717) is 0 Å². The van der Waals surface area contributed by atoms with Crippen molar-refractivity contribution >= 4 is 38.2 Å². The lowest BCUT2D eigenvalue weighted by molar-refractivity contribution is -0.344. The maximum Gasteiger partial charge on any atom is 0.509 e. The number of aliphatic hydroxyl groups is 1. The van der Waals surface area contributed by atoms with Crippen molar-refractivity contribution in [2.75, 3.05) is 6.61 Å². The van der Waals surface area contributed by atoms with Gasteiger partial charge in [0.1, 0.15) is 12.2 Å². The number of benzene rings is 1. The summed E-state index contributed by atoms with van der Waals surface area (Å²) in [5.74, 6) is -4.23. The van der Waals surface area contributed by atoms with Crippen LogP contribution in [0.3, 0.4) is 0 Å². The Morgan fingerprint density at radius 1 is 0.980 bits per heavy atom. The topological polar surface area (TPSA) is 170 Å². The van der Waals surface area contributed by atoms with Gasteiger partial charge in [-0.05, 0) is 56.8 Å². The molecule has 1 aromatic carbocycles. The predicted octanol–water partition coefficient (Wildman–Crippen LogP) is 3.66. The molecular formula is C35H44O13Si. The third kappa shape index (κ3) is 5.00. The van der Waals surface area contributed by atoms with E-state index in [0.717, 1.165) is 0 Å². The predicted molar refractivity (Wildman–Crippen MR) is 171 cm³/mol. The lowest BCUT2D eigenvalue weighted by Gasteiger charge is -2.68. The van der Waals surface area contributed by atoms with E-state index in [4.69, 9.17) is 32.8 Å². The quantitative estimate of drug-likeness (QED) is 0.198. The maximum absolute atomic E-state index is 15.6. The minimum atomic E-state index is -2.48. The van der Waals surface area contributed by atoms with E-state index >= 15 is 4.79 Å². The van der Waals surface area contributed by atoms with Crippen molar-refractivity contribution in [2.24, 2.45) is 16.7 Å². The molecule has 10 atom stereocenters. The summed E-state index contributed by atoms with van der Waals surface area (Å²) in [5.41, 5.74) is -6.34. The Balaban J connectivity index is 1.74. The first-order valence-electron chi connectivity index (χ1n) is 16.5. The maximum atomic E-state index is 15.6. The molecular weight excluding hydrogens is 656 g/mol. The first-order chi connectivity index (χ1) is 22.7. The van der Waals surface area contributed by atoms with Crippen molar-refractivity contribution < 1.29 is 61.9 Å². The summed E-state index contributed by atoms with van der Waals surface area (Å²) in [7, 11) is -2.48. The number of rotatable bonds is 6. The van der Waals surface area contributed by atoms with E-state index in [2.05, 4.69) is 0 Å². The van der Waals surface area contributed by atoms with Crippen molar-refractivity contribution in [3.05, 3.63) is 47.0 Å². The van der Waals surface area contributed by atoms with Crippen LogP contribution < -0.4 is 0 Å². The van der Waals surface area contributed by atoms with E-state index in [1.807, 2.05) is 19.6 Å². The highest BCUT2D eigenvalue weighted by Gasteiger charge is 2.83. The Morgan fingerprint density at radius 3 is 2.18 bits per heavy atom. The van der Waals surface area contributed by atoms with Gasteiger partial charge in [0.2, 0.25) is 5.60 Å². The van der Waals surface area contributed by atoms with E-state index in [-0.39, 0.29) is 29.7 Å². The zero-order valence-electron chi connectivity index (χ0n) is 29.2. The fourth-order valence-electron chi connectivity index (χ4n) is 9.22. The molecule has 2 saturated heterocycles. The number of fused-ring (bicyclic) bond motifs is 4. The summed E-state index contributed by atoms with van der Waals surface area (Å²) in [4.78, 5) is 69.0. The van der Waals surface area contributed by atoms with Gasteiger partial charge in [0.15, 0.2) is 38.0 Å². The van der Waals surface area contributed by atoms with Gasteiger partial charge in [0.05, 0.1) is 29.6 Å². The Morgan fingerprint density at radius 2 is 1.63 bits per heavy atom. The van der Waals surface area contributed by atoms with Crippen LogP contribution in [-0.2, 0) is 47.2 Å². The number of aliphatic hydroxyl groups excluding tert-OH is 1. The molecule has 3 aliphatic carbocycles. The number of hydrogen-bond donors (Lipinski definition) is 1. The third-order valence-electron chi connectivity index (χ3n) is 11.1. The molecule has 0 unspecified atom stereocenters. The molecule has 2 aliphatic heterocycles. The molecule has 1 aromatic rings. The molecule has 0 aromatic heterocycles. The van der Waals surface area contributed by atoms with Gasteiger partial charge in [0, 0.05) is 25.7 Å². The van der Waals surface area contributed by atoms with Gasteiger partial charge < -0.3 is 38.0 Å². The zero-order chi connectivity index (χ0) is 36.1. The second kappa shape index (κ2) is 11.5. The van der Waals surface area contributed by atoms with Gasteiger partial charge >= 0.3 is 24.1 Å². The number of ketones is 1. The molecule has 5 aliphatic rings. The summed E-state index contributed by atoms with van der Waals surface area (Å²) in [6.45, 7) is 14.6. The highest BCUT2D eigenvalue weighted by Crippen LogP contribution is 2.67. The molecule has 2 saturated carbocycles. The van der Waals surface area contributed by atoms with Crippen LogP contribution in [0.1, 0.15) is 58.3 Å². The average molecular weight is 701 g/mol. The molecule has 13 nitrogen and oxygen atoms in total. The van der Waals surface area contributed by atoms with E-state index in [1.165, 1.54) is 13.8 Å². The van der Waals surface area contributed by atoms with Crippen LogP contribution in [0.25, 0.3) is 0 Å². The van der Waals surface area contributed by atoms with E-state index in [9.17, 15) is 24.3 Å². The summed E-state index contributed by atoms with van der Waals surface area (Å²) in [6, 6.07) is 8.12. The minimum Gasteiger partial charge on any atom is -0.454 e. The van der Waals surface area contributed by atoms with Gasteiger partial charge in [-0.1, -0.05) is 32.0 Å². The van der Waals surface area contributed by atoms with Crippen LogP contribution in [0.4, 0.5) is 4.79 Å². The van der Waals surface area contributed by atoms with Crippen molar-refractivity contribution in [3.63, 3.8) is 0 Å². The van der Waals surface area contributed by atoms with Gasteiger partial charge in [0.25, 0.3) is 0 Å². The van der Waals surface area contributed by atoms with Gasteiger partial charge in [-0.2, -0.15) is 0 Å². The molecule has 0 amide bonds. The van der Waals surface area contributed by atoms with Crippen molar-refractivity contribution in [1.82, 2.24) is 0 Å². The second-order valence-electron chi connectivity index (χ2n) is 15.5. The SMILES string of the molecule is CC(=O)O[C@H]1C(=O)[C@]2(C)[C@@H](O[Si](C)(C)C)C[C@H]3OC[C@@]3(OC(C)=O)[C@H]2[C@H](OC(=O)c2ccccc2)[C@]23OC(=O)O[C@H]2[C@H](O)C(C)=C1C3(C)C. The number of ether oxygens (including phenoxy) is 6. The van der Waals surface area contributed by atoms with Crippen molar-refractivity contribution in [1.29, 1.82) is 0 Å². The van der Waals surface area contributed by atoms with Gasteiger partial charge in [-0.15, -0.1) is 0 Å². The normalized spacial score (nSPS) is 39.0. The van der Waals surface area contributed by atoms with Crippen LogP contribution in [0.2, 0.25) is 19.6 Å². The molecule has 6 rings (SSSR count). The third-order valence-corrected chi connectivity index (χ3v) is 12.1. The molecule has 2 heterocycles. The van der Waals surface area contributed by atoms with Crippen LogP contribution >= 0.6 is 0 Å². The highest BCUT2D eigenvalue weighted by atomic mass is 28.4. The molecule has 2 bridgehead atoms. The zero-order valence-corrected chi connectivity index (χ0v) is 30.2. The monoisotopic (exact) mass is 700 g/mol. The Bertz CT molecular complexity index is 1630. The number of carbonyl (C=O) groups excluding carboxylic acids is 5. The van der Waals surface area contributed by atoms with E-state index in [1.54, 1.807) is 58.0 Å². The standard InChI is InChI=1S/C35H44O13Si/c1-17-23-25(43-18(2)36)27(39)33(6)21(48-49(7,8)9)15-22-34(16-42-22,46-19(3)37)26(33)29(44-30(40)20-13-11-10-12-14-20)35(32(23,4)5)28(24(17)38)45-31(41)47-35/h10-14,21-22,24-26,28-29,38H,15-16H2,1-9H3/t21-,22+,24+,25+,26-,28-,29-,33+,34-,35+/m0/s1. The summed E-state index contributed by atoms with van der Waals surface area (Å²) in [6.07, 6.45) is -9.03. The number of hydrogen-bond acceptors (Lipinski definition) is 13. The minimum absolute atomic E-state index is 0.110. The largest absolute Gasteiger partial charge is 0.509 e. The fraction of sp³-hybridized carbons (Fsp3) is 0.629. The summed E-state index contributed by atoms with van der Waals surface area (Å²) >= 11 is 0. The molecule has 1 N–H and O–H groups in total. The molecule has 49 heavy (non-hydrogen) atoms. The van der Waals surface area contributed by atoms with Crippen molar-refractivity contribution in [3.8, 4) is 0 Å². The Labute approximate surface area is 285 Å². The first kappa shape index (κ1) is 35.2. The summed E-state index contributed by atoms with van der Waals surface area (Å²) < 4.78 is 43.4.